The zero-order valence-electron chi connectivity index (χ0n) is 11.5. The van der Waals surface area contributed by atoms with Crippen molar-refractivity contribution in [2.24, 2.45) is 0 Å². The van der Waals surface area contributed by atoms with Gasteiger partial charge in [-0.3, -0.25) is 9.69 Å². The molecule has 7 heteroatoms. The molecule has 1 N–H and O–H groups in total. The molecular formula is C12H21F3N2O2. The molecule has 0 heterocycles. The van der Waals surface area contributed by atoms with Crippen molar-refractivity contribution in [2.45, 2.75) is 44.4 Å². The Hall–Kier alpha value is -0.820. The number of rotatable bonds is 7. The summed E-state index contributed by atoms with van der Waals surface area (Å²) in [7, 11) is 1.24. The molecule has 1 aliphatic carbocycles. The molecule has 1 aliphatic rings. The summed E-state index contributed by atoms with van der Waals surface area (Å²) in [5.74, 6) is -0.540. The van der Waals surface area contributed by atoms with Crippen LogP contribution in [0.4, 0.5) is 13.2 Å². The molecule has 4 nitrogen and oxygen atoms in total. The fraction of sp³-hybridized carbons (Fsp3) is 0.917. The van der Waals surface area contributed by atoms with Crippen LogP contribution in [0.25, 0.3) is 0 Å². The minimum atomic E-state index is -4.26. The molecule has 0 radical (unpaired) electrons. The molecule has 0 aromatic rings. The Kier molecular flexibility index (Phi) is 5.20. The lowest BCUT2D eigenvalue weighted by Gasteiger charge is -2.34. The number of methoxy groups -OCH3 is 1. The van der Waals surface area contributed by atoms with E-state index in [0.29, 0.717) is 6.54 Å². The maximum Gasteiger partial charge on any atom is 0.401 e. The number of carbonyl (C=O) groups excluding carboxylic acids is 1. The Labute approximate surface area is 111 Å². The molecule has 1 atom stereocenters. The normalized spacial score (nSPS) is 19.3. The lowest BCUT2D eigenvalue weighted by Crippen LogP contribution is -2.58. The topological polar surface area (TPSA) is 41.6 Å². The van der Waals surface area contributed by atoms with Crippen LogP contribution in [0.1, 0.15) is 26.7 Å². The summed E-state index contributed by atoms with van der Waals surface area (Å²) in [5, 5.41) is 2.93. The first-order valence-electron chi connectivity index (χ1n) is 6.36. The van der Waals surface area contributed by atoms with Gasteiger partial charge >= 0.3 is 12.1 Å². The number of nitrogens with zero attached hydrogens (tertiary/aromatic N) is 1. The van der Waals surface area contributed by atoms with Gasteiger partial charge in [-0.15, -0.1) is 0 Å². The summed E-state index contributed by atoms with van der Waals surface area (Å²) in [5.41, 5.74) is -1.11. The maximum atomic E-state index is 12.6. The lowest BCUT2D eigenvalue weighted by molar-refractivity contribution is -0.158. The fourth-order valence-electron chi connectivity index (χ4n) is 2.20. The Morgan fingerprint density at radius 3 is 2.32 bits per heavy atom. The van der Waals surface area contributed by atoms with E-state index < -0.39 is 24.2 Å². The molecule has 112 valence electrons. The Morgan fingerprint density at radius 2 is 1.95 bits per heavy atom. The monoisotopic (exact) mass is 282 g/mol. The van der Waals surface area contributed by atoms with E-state index in [9.17, 15) is 18.0 Å². The van der Waals surface area contributed by atoms with E-state index >= 15 is 0 Å². The molecular weight excluding hydrogens is 261 g/mol. The molecule has 1 rings (SSSR count). The zero-order valence-corrected chi connectivity index (χ0v) is 11.5. The van der Waals surface area contributed by atoms with Gasteiger partial charge in [-0.1, -0.05) is 6.92 Å². The third-order valence-electron chi connectivity index (χ3n) is 3.17. The molecule has 0 amide bonds. The van der Waals surface area contributed by atoms with Gasteiger partial charge in [-0.25, -0.2) is 0 Å². The number of carbonyl (C=O) groups is 1. The van der Waals surface area contributed by atoms with Gasteiger partial charge in [0.2, 0.25) is 0 Å². The first-order chi connectivity index (χ1) is 8.72. The third-order valence-corrected chi connectivity index (χ3v) is 3.17. The quantitative estimate of drug-likeness (QED) is 0.719. The molecule has 0 saturated heterocycles. The van der Waals surface area contributed by atoms with Crippen LogP contribution in [0.5, 0.6) is 0 Å². The highest BCUT2D eigenvalue weighted by Crippen LogP contribution is 2.31. The molecule has 1 saturated carbocycles. The Balaban J connectivity index is 2.76. The van der Waals surface area contributed by atoms with Crippen molar-refractivity contribution in [3.8, 4) is 0 Å². The van der Waals surface area contributed by atoms with Crippen LogP contribution in [0.15, 0.2) is 0 Å². The molecule has 0 aliphatic heterocycles. The van der Waals surface area contributed by atoms with Crippen LogP contribution in [0, 0.1) is 0 Å². The number of ether oxygens (including phenoxy) is 1. The van der Waals surface area contributed by atoms with Gasteiger partial charge in [0.25, 0.3) is 0 Å². The molecule has 19 heavy (non-hydrogen) atoms. The smallest absolute Gasteiger partial charge is 0.401 e. The molecule has 0 aromatic carbocycles. The fourth-order valence-corrected chi connectivity index (χ4v) is 2.20. The summed E-state index contributed by atoms with van der Waals surface area (Å²) >= 11 is 0. The van der Waals surface area contributed by atoms with Crippen molar-refractivity contribution >= 4 is 5.97 Å². The van der Waals surface area contributed by atoms with Crippen molar-refractivity contribution in [1.29, 1.82) is 0 Å². The van der Waals surface area contributed by atoms with E-state index in [1.54, 1.807) is 13.8 Å². The molecule has 0 spiro atoms. The third kappa shape index (κ3) is 4.99. The summed E-state index contributed by atoms with van der Waals surface area (Å²) in [6.07, 6.45) is -2.76. The average Bonchev–Trinajstić information content (AvgIpc) is 3.09. The highest BCUT2D eigenvalue weighted by atomic mass is 19.4. The summed E-state index contributed by atoms with van der Waals surface area (Å²) in [6, 6.07) is -0.0794. The van der Waals surface area contributed by atoms with E-state index in [-0.39, 0.29) is 12.6 Å². The second-order valence-corrected chi connectivity index (χ2v) is 5.11. The molecule has 1 unspecified atom stereocenters. The highest BCUT2D eigenvalue weighted by Gasteiger charge is 2.43. The second kappa shape index (κ2) is 6.09. The van der Waals surface area contributed by atoms with Gasteiger partial charge in [-0.2, -0.15) is 13.2 Å². The number of hydrogen-bond acceptors (Lipinski definition) is 4. The largest absolute Gasteiger partial charge is 0.468 e. The second-order valence-electron chi connectivity index (χ2n) is 5.11. The predicted molar refractivity (Wildman–Crippen MR) is 64.7 cm³/mol. The molecule has 1 fully saturated rings. The van der Waals surface area contributed by atoms with Gasteiger partial charge in [0.15, 0.2) is 0 Å². The van der Waals surface area contributed by atoms with Gasteiger partial charge in [0.1, 0.15) is 5.54 Å². The number of esters is 1. The summed E-state index contributed by atoms with van der Waals surface area (Å²) in [4.78, 5) is 13.1. The van der Waals surface area contributed by atoms with Crippen LogP contribution in [0.2, 0.25) is 0 Å². The molecule has 0 aromatic heterocycles. The maximum absolute atomic E-state index is 12.6. The van der Waals surface area contributed by atoms with Crippen molar-refractivity contribution in [3.05, 3.63) is 0 Å². The summed E-state index contributed by atoms with van der Waals surface area (Å²) in [6.45, 7) is 2.87. The van der Waals surface area contributed by atoms with Crippen LogP contribution in [-0.2, 0) is 9.53 Å². The minimum absolute atomic E-state index is 0.00229. The van der Waals surface area contributed by atoms with Gasteiger partial charge in [0, 0.05) is 12.6 Å². The van der Waals surface area contributed by atoms with Crippen molar-refractivity contribution in [1.82, 2.24) is 10.2 Å². The number of halogens is 3. The zero-order chi connectivity index (χ0) is 14.7. The number of alkyl halides is 3. The lowest BCUT2D eigenvalue weighted by atomic mass is 10.0. The van der Waals surface area contributed by atoms with E-state index in [1.807, 2.05) is 0 Å². The van der Waals surface area contributed by atoms with Crippen LogP contribution < -0.4 is 5.32 Å². The van der Waals surface area contributed by atoms with Crippen molar-refractivity contribution in [3.63, 3.8) is 0 Å². The first-order valence-corrected chi connectivity index (χ1v) is 6.36. The highest BCUT2D eigenvalue weighted by molar-refractivity contribution is 5.80. The molecule has 0 bridgehead atoms. The van der Waals surface area contributed by atoms with E-state index in [2.05, 4.69) is 10.1 Å². The Bertz CT molecular complexity index is 319. The van der Waals surface area contributed by atoms with Gasteiger partial charge in [0.05, 0.1) is 13.7 Å². The summed E-state index contributed by atoms with van der Waals surface area (Å²) < 4.78 is 42.4. The van der Waals surface area contributed by atoms with Crippen molar-refractivity contribution < 1.29 is 22.7 Å². The van der Waals surface area contributed by atoms with E-state index in [0.717, 1.165) is 12.8 Å². The van der Waals surface area contributed by atoms with Gasteiger partial charge < -0.3 is 10.1 Å². The SMILES string of the molecule is CCNC(C)(CN(CC(F)(F)F)C1CC1)C(=O)OC. The van der Waals surface area contributed by atoms with Crippen LogP contribution >= 0.6 is 0 Å². The van der Waals surface area contributed by atoms with E-state index in [1.165, 1.54) is 12.0 Å². The average molecular weight is 282 g/mol. The standard InChI is InChI=1S/C12H21F3N2O2/c1-4-16-11(2,10(18)19-3)7-17(9-5-6-9)8-12(13,14)15/h9,16H,4-8H2,1-3H3. The Morgan fingerprint density at radius 1 is 1.37 bits per heavy atom. The predicted octanol–water partition coefficient (Wildman–Crippen LogP) is 1.55. The van der Waals surface area contributed by atoms with Crippen molar-refractivity contribution in [2.75, 3.05) is 26.7 Å². The number of nitrogens with one attached hydrogen (secondary N) is 1. The minimum Gasteiger partial charge on any atom is -0.468 e. The number of likely N-dealkylation sites (N-methyl/N-ethyl adjacent to an activating group) is 1. The van der Waals surface area contributed by atoms with E-state index in [4.69, 9.17) is 0 Å². The number of hydrogen-bond donors (Lipinski definition) is 1. The first kappa shape index (κ1) is 16.2. The van der Waals surface area contributed by atoms with Gasteiger partial charge in [-0.05, 0) is 26.3 Å². The van der Waals surface area contributed by atoms with Crippen LogP contribution in [0.3, 0.4) is 0 Å². The van der Waals surface area contributed by atoms with Crippen LogP contribution in [-0.4, -0.2) is 55.4 Å².